The van der Waals surface area contributed by atoms with Gasteiger partial charge in [0.2, 0.25) is 0 Å². The summed E-state index contributed by atoms with van der Waals surface area (Å²) in [6, 6.07) is 3.98. The van der Waals surface area contributed by atoms with E-state index < -0.39 is 6.10 Å². The van der Waals surface area contributed by atoms with Crippen LogP contribution in [-0.2, 0) is 6.42 Å². The molecule has 0 spiro atoms. The average molecular weight is 225 g/mol. The summed E-state index contributed by atoms with van der Waals surface area (Å²) >= 11 is 6.02. The molecular formula is C11H13ClN2O. The van der Waals surface area contributed by atoms with Crippen molar-refractivity contribution in [3.05, 3.63) is 34.9 Å². The summed E-state index contributed by atoms with van der Waals surface area (Å²) in [7, 11) is 0. The molecule has 0 saturated heterocycles. The van der Waals surface area contributed by atoms with E-state index in [4.69, 9.17) is 11.6 Å². The van der Waals surface area contributed by atoms with Gasteiger partial charge >= 0.3 is 0 Å². The lowest BCUT2D eigenvalue weighted by atomic mass is 10.2. The van der Waals surface area contributed by atoms with E-state index in [-0.39, 0.29) is 0 Å². The van der Waals surface area contributed by atoms with Crippen LogP contribution in [0.4, 0.5) is 0 Å². The molecule has 0 saturated carbocycles. The van der Waals surface area contributed by atoms with Gasteiger partial charge in [-0.15, -0.1) is 0 Å². The summed E-state index contributed by atoms with van der Waals surface area (Å²) in [6.07, 6.45) is 2.03. The minimum Gasteiger partial charge on any atom is -0.393 e. The van der Waals surface area contributed by atoms with E-state index in [1.54, 1.807) is 6.92 Å². The maximum Gasteiger partial charge on any atom is 0.155 e. The lowest BCUT2D eigenvalue weighted by Gasteiger charge is -2.03. The fraction of sp³-hybridized carbons (Fsp3) is 0.364. The second-order valence-corrected chi connectivity index (χ2v) is 4.19. The summed E-state index contributed by atoms with van der Waals surface area (Å²) in [5, 5.41) is 9.83. The standard InChI is InChI=1S/C11H13ClN2O/c1-7-3-4-14-9(5-7)11(12)13-10(14)6-8(2)15/h3-5,8,15H,6H2,1-2H3. The fourth-order valence-electron chi connectivity index (χ4n) is 1.62. The predicted molar refractivity (Wildman–Crippen MR) is 60.3 cm³/mol. The van der Waals surface area contributed by atoms with Gasteiger partial charge in [0.1, 0.15) is 5.82 Å². The second kappa shape index (κ2) is 3.83. The Morgan fingerprint density at radius 1 is 1.60 bits per heavy atom. The summed E-state index contributed by atoms with van der Waals surface area (Å²) in [5.74, 6) is 0.796. The molecular weight excluding hydrogens is 212 g/mol. The number of aromatic nitrogens is 2. The van der Waals surface area contributed by atoms with Crippen molar-refractivity contribution in [1.82, 2.24) is 9.38 Å². The van der Waals surface area contributed by atoms with Crippen molar-refractivity contribution < 1.29 is 5.11 Å². The third kappa shape index (κ3) is 1.98. The Labute approximate surface area is 93.3 Å². The molecule has 0 bridgehead atoms. The SMILES string of the molecule is Cc1ccn2c(CC(C)O)nc(Cl)c2c1. The Morgan fingerprint density at radius 2 is 2.33 bits per heavy atom. The number of hydrogen-bond acceptors (Lipinski definition) is 2. The smallest absolute Gasteiger partial charge is 0.155 e. The number of imidazole rings is 1. The highest BCUT2D eigenvalue weighted by atomic mass is 35.5. The largest absolute Gasteiger partial charge is 0.393 e. The van der Waals surface area contributed by atoms with Crippen molar-refractivity contribution in [3.8, 4) is 0 Å². The van der Waals surface area contributed by atoms with Gasteiger partial charge in [0.25, 0.3) is 0 Å². The molecule has 0 aliphatic heterocycles. The summed E-state index contributed by atoms with van der Waals surface area (Å²) < 4.78 is 1.92. The van der Waals surface area contributed by atoms with Gasteiger partial charge < -0.3 is 9.51 Å². The van der Waals surface area contributed by atoms with Crippen LogP contribution in [0.25, 0.3) is 5.52 Å². The zero-order valence-electron chi connectivity index (χ0n) is 8.74. The summed E-state index contributed by atoms with van der Waals surface area (Å²) in [5.41, 5.74) is 2.04. The molecule has 4 heteroatoms. The molecule has 2 aromatic rings. The Bertz CT molecular complexity index is 491. The van der Waals surface area contributed by atoms with E-state index in [1.807, 2.05) is 29.7 Å². The zero-order chi connectivity index (χ0) is 11.0. The Hall–Kier alpha value is -1.06. The number of aryl methyl sites for hydroxylation is 1. The van der Waals surface area contributed by atoms with Gasteiger partial charge in [-0.05, 0) is 31.5 Å². The van der Waals surface area contributed by atoms with Gasteiger partial charge in [-0.3, -0.25) is 0 Å². The highest BCUT2D eigenvalue weighted by molar-refractivity contribution is 6.32. The molecule has 0 fully saturated rings. The van der Waals surface area contributed by atoms with Crippen molar-refractivity contribution >= 4 is 17.1 Å². The van der Waals surface area contributed by atoms with Crippen molar-refractivity contribution in [2.75, 3.05) is 0 Å². The topological polar surface area (TPSA) is 37.5 Å². The molecule has 0 amide bonds. The first-order valence-electron chi connectivity index (χ1n) is 4.89. The Kier molecular flexibility index (Phi) is 2.67. The number of hydrogen-bond donors (Lipinski definition) is 1. The van der Waals surface area contributed by atoms with Gasteiger partial charge in [-0.25, -0.2) is 4.98 Å². The molecule has 15 heavy (non-hydrogen) atoms. The number of fused-ring (bicyclic) bond motifs is 1. The molecule has 1 N–H and O–H groups in total. The molecule has 0 aromatic carbocycles. The molecule has 80 valence electrons. The van der Waals surface area contributed by atoms with Crippen LogP contribution in [0.1, 0.15) is 18.3 Å². The third-order valence-electron chi connectivity index (χ3n) is 2.31. The minimum atomic E-state index is -0.409. The molecule has 1 unspecified atom stereocenters. The van der Waals surface area contributed by atoms with Gasteiger partial charge in [0.15, 0.2) is 5.15 Å². The van der Waals surface area contributed by atoms with E-state index >= 15 is 0 Å². The van der Waals surface area contributed by atoms with Crippen LogP contribution in [0.3, 0.4) is 0 Å². The lowest BCUT2D eigenvalue weighted by Crippen LogP contribution is -2.07. The van der Waals surface area contributed by atoms with Gasteiger partial charge in [0.05, 0.1) is 11.6 Å². The van der Waals surface area contributed by atoms with E-state index in [0.717, 1.165) is 16.9 Å². The third-order valence-corrected chi connectivity index (χ3v) is 2.58. The molecule has 0 aliphatic carbocycles. The van der Waals surface area contributed by atoms with Crippen LogP contribution >= 0.6 is 11.6 Å². The summed E-state index contributed by atoms with van der Waals surface area (Å²) in [4.78, 5) is 4.24. The number of halogens is 1. The maximum absolute atomic E-state index is 9.33. The number of pyridine rings is 1. The van der Waals surface area contributed by atoms with E-state index in [9.17, 15) is 5.11 Å². The molecule has 2 rings (SSSR count). The number of rotatable bonds is 2. The van der Waals surface area contributed by atoms with E-state index in [2.05, 4.69) is 4.98 Å². The van der Waals surface area contributed by atoms with Crippen LogP contribution < -0.4 is 0 Å². The van der Waals surface area contributed by atoms with Gasteiger partial charge in [-0.1, -0.05) is 11.6 Å². The van der Waals surface area contributed by atoms with Crippen LogP contribution in [0.2, 0.25) is 5.15 Å². The highest BCUT2D eigenvalue weighted by Crippen LogP contribution is 2.20. The molecule has 1 atom stereocenters. The Morgan fingerprint density at radius 3 is 3.00 bits per heavy atom. The highest BCUT2D eigenvalue weighted by Gasteiger charge is 2.10. The van der Waals surface area contributed by atoms with Crippen molar-refractivity contribution in [3.63, 3.8) is 0 Å². The van der Waals surface area contributed by atoms with Crippen LogP contribution in [-0.4, -0.2) is 20.6 Å². The van der Waals surface area contributed by atoms with Crippen LogP contribution in [0.15, 0.2) is 18.3 Å². The quantitative estimate of drug-likeness (QED) is 0.850. The molecule has 0 aliphatic rings. The van der Waals surface area contributed by atoms with Gasteiger partial charge in [-0.2, -0.15) is 0 Å². The molecule has 0 radical (unpaired) electrons. The maximum atomic E-state index is 9.33. The van der Waals surface area contributed by atoms with Crippen molar-refractivity contribution in [1.29, 1.82) is 0 Å². The fourth-order valence-corrected chi connectivity index (χ4v) is 1.87. The summed E-state index contributed by atoms with van der Waals surface area (Å²) in [6.45, 7) is 3.75. The van der Waals surface area contributed by atoms with Gasteiger partial charge in [0, 0.05) is 12.6 Å². The number of aliphatic hydroxyl groups is 1. The van der Waals surface area contributed by atoms with Crippen LogP contribution in [0.5, 0.6) is 0 Å². The van der Waals surface area contributed by atoms with Crippen molar-refractivity contribution in [2.45, 2.75) is 26.4 Å². The Balaban J connectivity index is 2.57. The monoisotopic (exact) mass is 224 g/mol. The predicted octanol–water partition coefficient (Wildman–Crippen LogP) is 2.22. The van der Waals surface area contributed by atoms with Crippen molar-refractivity contribution in [2.24, 2.45) is 0 Å². The average Bonchev–Trinajstić information content (AvgIpc) is 2.42. The zero-order valence-corrected chi connectivity index (χ0v) is 9.49. The minimum absolute atomic E-state index is 0.409. The lowest BCUT2D eigenvalue weighted by molar-refractivity contribution is 0.192. The normalized spacial score (nSPS) is 13.3. The van der Waals surface area contributed by atoms with Crippen LogP contribution in [0, 0.1) is 6.92 Å². The molecule has 3 nitrogen and oxygen atoms in total. The molecule has 2 aromatic heterocycles. The van der Waals surface area contributed by atoms with E-state index in [1.165, 1.54) is 0 Å². The molecule has 2 heterocycles. The first-order valence-corrected chi connectivity index (χ1v) is 5.27. The first kappa shape index (κ1) is 10.5. The first-order chi connectivity index (χ1) is 7.08. The second-order valence-electron chi connectivity index (χ2n) is 3.83. The number of nitrogens with zero attached hydrogens (tertiary/aromatic N) is 2. The van der Waals surface area contributed by atoms with E-state index in [0.29, 0.717) is 11.6 Å². The number of aliphatic hydroxyl groups excluding tert-OH is 1.